The van der Waals surface area contributed by atoms with Crippen molar-refractivity contribution in [2.24, 2.45) is 10.8 Å². The van der Waals surface area contributed by atoms with Crippen LogP contribution >= 0.6 is 0 Å². The van der Waals surface area contributed by atoms with Gasteiger partial charge in [0.1, 0.15) is 11.5 Å². The van der Waals surface area contributed by atoms with Gasteiger partial charge in [-0.1, -0.05) is 29.4 Å². The van der Waals surface area contributed by atoms with Crippen molar-refractivity contribution in [3.8, 4) is 11.3 Å². The molecule has 0 saturated carbocycles. The minimum atomic E-state index is 0.386. The van der Waals surface area contributed by atoms with Crippen LogP contribution in [0.15, 0.2) is 45.9 Å². The van der Waals surface area contributed by atoms with Gasteiger partial charge in [0.25, 0.3) is 0 Å². The van der Waals surface area contributed by atoms with Gasteiger partial charge < -0.3 is 10.2 Å². The van der Waals surface area contributed by atoms with Crippen molar-refractivity contribution >= 4 is 5.69 Å². The molecule has 1 aromatic carbocycles. The normalized spacial score (nSPS) is 9.81. The third kappa shape index (κ3) is 2.06. The van der Waals surface area contributed by atoms with Crippen LogP contribution in [-0.4, -0.2) is 0 Å². The van der Waals surface area contributed by atoms with Gasteiger partial charge in [0, 0.05) is 16.2 Å². The van der Waals surface area contributed by atoms with E-state index in [1.807, 2.05) is 24.3 Å². The van der Waals surface area contributed by atoms with Crippen molar-refractivity contribution in [3.63, 3.8) is 0 Å². The van der Waals surface area contributed by atoms with E-state index in [0.717, 1.165) is 17.1 Å². The third-order valence-corrected chi connectivity index (χ3v) is 2.17. The molecule has 0 fully saturated rings. The number of azide groups is 1. The molecule has 5 heteroatoms. The van der Waals surface area contributed by atoms with E-state index in [9.17, 15) is 0 Å². The smallest absolute Gasteiger partial charge is 0.134 e. The van der Waals surface area contributed by atoms with Gasteiger partial charge in [-0.3, -0.25) is 0 Å². The van der Waals surface area contributed by atoms with E-state index in [2.05, 4.69) is 10.0 Å². The SMILES string of the molecule is [N-]=[N+]=Nc1ccc(-c2ccc(CN)o2)cc1. The number of nitrogens with two attached hydrogens (primary N) is 1. The molecule has 2 rings (SSSR count). The number of nitrogens with zero attached hydrogens (tertiary/aromatic N) is 3. The van der Waals surface area contributed by atoms with Crippen molar-refractivity contribution in [2.75, 3.05) is 0 Å². The first kappa shape index (κ1) is 10.3. The van der Waals surface area contributed by atoms with E-state index in [0.29, 0.717) is 12.2 Å². The first-order valence-corrected chi connectivity index (χ1v) is 4.78. The zero-order valence-corrected chi connectivity index (χ0v) is 8.50. The maximum atomic E-state index is 8.27. The summed E-state index contributed by atoms with van der Waals surface area (Å²) in [5.74, 6) is 1.50. The van der Waals surface area contributed by atoms with Gasteiger partial charge in [0.2, 0.25) is 0 Å². The zero-order valence-electron chi connectivity index (χ0n) is 8.50. The Bertz CT molecular complexity index is 523. The maximum Gasteiger partial charge on any atom is 0.134 e. The van der Waals surface area contributed by atoms with Crippen molar-refractivity contribution in [1.29, 1.82) is 0 Å². The molecular weight excluding hydrogens is 204 g/mol. The number of benzene rings is 1. The Balaban J connectivity index is 2.30. The highest BCUT2D eigenvalue weighted by Crippen LogP contribution is 2.24. The Morgan fingerprint density at radius 3 is 2.50 bits per heavy atom. The minimum Gasteiger partial charge on any atom is -0.460 e. The van der Waals surface area contributed by atoms with E-state index in [-0.39, 0.29) is 0 Å². The summed E-state index contributed by atoms with van der Waals surface area (Å²) >= 11 is 0. The Kier molecular flexibility index (Phi) is 2.91. The van der Waals surface area contributed by atoms with Gasteiger partial charge in [0.05, 0.1) is 6.54 Å². The molecular formula is C11H10N4O. The standard InChI is InChI=1S/C11H10N4O/c12-7-10-5-6-11(16-10)8-1-3-9(4-2-8)14-15-13/h1-6H,7,12H2. The predicted molar refractivity (Wildman–Crippen MR) is 60.8 cm³/mol. The van der Waals surface area contributed by atoms with Crippen LogP contribution in [0.2, 0.25) is 0 Å². The molecule has 0 aliphatic rings. The lowest BCUT2D eigenvalue weighted by molar-refractivity contribution is 0.525. The number of rotatable bonds is 3. The summed E-state index contributed by atoms with van der Waals surface area (Å²) in [4.78, 5) is 2.71. The third-order valence-electron chi connectivity index (χ3n) is 2.17. The van der Waals surface area contributed by atoms with Crippen LogP contribution < -0.4 is 5.73 Å². The molecule has 0 aliphatic carbocycles. The Hall–Kier alpha value is -2.23. The van der Waals surface area contributed by atoms with Gasteiger partial charge in [-0.25, -0.2) is 0 Å². The van der Waals surface area contributed by atoms with Crippen LogP contribution in [0.1, 0.15) is 5.76 Å². The van der Waals surface area contributed by atoms with Crippen LogP contribution in [0.5, 0.6) is 0 Å². The van der Waals surface area contributed by atoms with Gasteiger partial charge in [-0.15, -0.1) is 0 Å². The molecule has 0 bridgehead atoms. The van der Waals surface area contributed by atoms with Gasteiger partial charge in [0.15, 0.2) is 0 Å². The molecule has 0 radical (unpaired) electrons. The molecule has 1 heterocycles. The summed E-state index contributed by atoms with van der Waals surface area (Å²) in [7, 11) is 0. The average Bonchev–Trinajstić information content (AvgIpc) is 2.79. The fraction of sp³-hybridized carbons (Fsp3) is 0.0909. The minimum absolute atomic E-state index is 0.386. The van der Waals surface area contributed by atoms with E-state index < -0.39 is 0 Å². The maximum absolute atomic E-state index is 8.27. The quantitative estimate of drug-likeness (QED) is 0.482. The van der Waals surface area contributed by atoms with Crippen LogP contribution in [0.25, 0.3) is 21.8 Å². The lowest BCUT2D eigenvalue weighted by atomic mass is 10.1. The highest BCUT2D eigenvalue weighted by molar-refractivity contribution is 5.60. The summed E-state index contributed by atoms with van der Waals surface area (Å²) in [6.07, 6.45) is 0. The van der Waals surface area contributed by atoms with Crippen LogP contribution in [0, 0.1) is 0 Å². The van der Waals surface area contributed by atoms with Gasteiger partial charge in [-0.2, -0.15) is 0 Å². The largest absolute Gasteiger partial charge is 0.460 e. The van der Waals surface area contributed by atoms with Crippen molar-refractivity contribution in [2.45, 2.75) is 6.54 Å². The predicted octanol–water partition coefficient (Wildman–Crippen LogP) is 3.35. The van der Waals surface area contributed by atoms with E-state index in [4.69, 9.17) is 15.7 Å². The Labute approximate surface area is 92.1 Å². The summed E-state index contributed by atoms with van der Waals surface area (Å²) in [6.45, 7) is 0.386. The summed E-state index contributed by atoms with van der Waals surface area (Å²) < 4.78 is 5.49. The van der Waals surface area contributed by atoms with Crippen LogP contribution in [0.4, 0.5) is 5.69 Å². The Morgan fingerprint density at radius 2 is 1.94 bits per heavy atom. The van der Waals surface area contributed by atoms with E-state index in [1.165, 1.54) is 0 Å². The van der Waals surface area contributed by atoms with E-state index >= 15 is 0 Å². The summed E-state index contributed by atoms with van der Waals surface area (Å²) in [6, 6.07) is 10.9. The lowest BCUT2D eigenvalue weighted by Crippen LogP contribution is -1.92. The molecule has 0 unspecified atom stereocenters. The number of hydrogen-bond donors (Lipinski definition) is 1. The highest BCUT2D eigenvalue weighted by atomic mass is 16.3. The molecule has 0 amide bonds. The molecule has 2 N–H and O–H groups in total. The van der Waals surface area contributed by atoms with Crippen LogP contribution in [0.3, 0.4) is 0 Å². The molecule has 5 nitrogen and oxygen atoms in total. The molecule has 0 spiro atoms. The monoisotopic (exact) mass is 214 g/mol. The number of furan rings is 1. The van der Waals surface area contributed by atoms with Gasteiger partial charge >= 0.3 is 0 Å². The van der Waals surface area contributed by atoms with Crippen molar-refractivity contribution in [3.05, 3.63) is 52.6 Å². The van der Waals surface area contributed by atoms with Crippen molar-refractivity contribution < 1.29 is 4.42 Å². The fourth-order valence-corrected chi connectivity index (χ4v) is 1.39. The van der Waals surface area contributed by atoms with Crippen molar-refractivity contribution in [1.82, 2.24) is 0 Å². The Morgan fingerprint density at radius 1 is 1.19 bits per heavy atom. The van der Waals surface area contributed by atoms with Crippen LogP contribution in [-0.2, 0) is 6.54 Å². The first-order valence-electron chi connectivity index (χ1n) is 4.78. The molecule has 0 aliphatic heterocycles. The summed E-state index contributed by atoms with van der Waals surface area (Å²) in [5, 5.41) is 3.49. The molecule has 16 heavy (non-hydrogen) atoms. The first-order chi connectivity index (χ1) is 7.83. The fourth-order valence-electron chi connectivity index (χ4n) is 1.39. The summed E-state index contributed by atoms with van der Waals surface area (Å²) in [5.41, 5.74) is 15.2. The second-order valence-electron chi connectivity index (χ2n) is 3.21. The second-order valence-corrected chi connectivity index (χ2v) is 3.21. The average molecular weight is 214 g/mol. The van der Waals surface area contributed by atoms with Gasteiger partial charge in [-0.05, 0) is 17.7 Å². The topological polar surface area (TPSA) is 87.9 Å². The molecule has 1 aromatic heterocycles. The number of hydrogen-bond acceptors (Lipinski definition) is 3. The molecule has 80 valence electrons. The van der Waals surface area contributed by atoms with E-state index in [1.54, 1.807) is 12.1 Å². The lowest BCUT2D eigenvalue weighted by Gasteiger charge is -1.97. The highest BCUT2D eigenvalue weighted by Gasteiger charge is 2.03. The second kappa shape index (κ2) is 4.53. The zero-order chi connectivity index (χ0) is 11.4. The molecule has 2 aromatic rings. The molecule has 0 atom stereocenters. The molecule has 0 saturated heterocycles.